The first-order valence-corrected chi connectivity index (χ1v) is 11.2. The van der Waals surface area contributed by atoms with E-state index in [0.29, 0.717) is 42.4 Å². The van der Waals surface area contributed by atoms with Crippen molar-refractivity contribution in [2.24, 2.45) is 0 Å². The van der Waals surface area contributed by atoms with Crippen LogP contribution < -0.4 is 14.8 Å². The van der Waals surface area contributed by atoms with Crippen molar-refractivity contribution in [1.29, 1.82) is 0 Å². The van der Waals surface area contributed by atoms with E-state index in [1.807, 2.05) is 31.2 Å². The number of rotatable bonds is 5. The highest BCUT2D eigenvalue weighted by Gasteiger charge is 2.14. The molecule has 0 atom stereocenters. The molecule has 5 rings (SSSR count). The molecule has 160 valence electrons. The van der Waals surface area contributed by atoms with Gasteiger partial charge in [0, 0.05) is 6.08 Å². The Labute approximate surface area is 196 Å². The van der Waals surface area contributed by atoms with Crippen LogP contribution in [0.15, 0.2) is 63.8 Å². The number of hydrogen-bond acceptors (Lipinski definition) is 6. The summed E-state index contributed by atoms with van der Waals surface area (Å²) < 4.78 is 13.3. The number of aromatic nitrogens is 3. The summed E-state index contributed by atoms with van der Waals surface area (Å²) in [4.78, 5) is 17.7. The number of nitrogens with zero attached hydrogens (tertiary/aromatic N) is 3. The summed E-state index contributed by atoms with van der Waals surface area (Å²) in [5, 5.41) is 5.25. The second kappa shape index (κ2) is 8.43. The first kappa shape index (κ1) is 20.8. The highest BCUT2D eigenvalue weighted by atomic mass is 35.5. The maximum absolute atomic E-state index is 12.8. The van der Waals surface area contributed by atoms with E-state index in [1.165, 1.54) is 15.9 Å². The predicted octanol–water partition coefficient (Wildman–Crippen LogP) is 5.15. The minimum Gasteiger partial charge on any atom is -0.486 e. The molecule has 2 aromatic carbocycles. The number of furan rings is 1. The number of thiazole rings is 1. The Morgan fingerprint density at radius 1 is 1.09 bits per heavy atom. The summed E-state index contributed by atoms with van der Waals surface area (Å²) in [6, 6.07) is 16.5. The SMILES string of the molecule is Cc1ccc(OCc2nc3sc(=Cc4ccc(-c5c(Cl)cccc5Cl)o4)c(=O)n3n2)cc1. The van der Waals surface area contributed by atoms with E-state index in [1.54, 1.807) is 36.4 Å². The molecule has 0 fully saturated rings. The van der Waals surface area contributed by atoms with Crippen molar-refractivity contribution in [1.82, 2.24) is 14.6 Å². The monoisotopic (exact) mass is 483 g/mol. The summed E-state index contributed by atoms with van der Waals surface area (Å²) in [5.41, 5.74) is 1.49. The van der Waals surface area contributed by atoms with E-state index in [0.717, 1.165) is 11.3 Å². The summed E-state index contributed by atoms with van der Waals surface area (Å²) in [6.07, 6.45) is 1.65. The average molecular weight is 484 g/mol. The summed E-state index contributed by atoms with van der Waals surface area (Å²) in [6.45, 7) is 2.19. The van der Waals surface area contributed by atoms with Crippen molar-refractivity contribution in [2.45, 2.75) is 13.5 Å². The second-order valence-electron chi connectivity index (χ2n) is 7.04. The molecule has 0 amide bonds. The van der Waals surface area contributed by atoms with Gasteiger partial charge in [-0.1, -0.05) is 58.3 Å². The lowest BCUT2D eigenvalue weighted by molar-refractivity contribution is 0.296. The van der Waals surface area contributed by atoms with Gasteiger partial charge in [0.05, 0.1) is 15.6 Å². The number of benzene rings is 2. The lowest BCUT2D eigenvalue weighted by Crippen LogP contribution is -2.23. The molecule has 0 aliphatic heterocycles. The number of ether oxygens (including phenoxy) is 1. The van der Waals surface area contributed by atoms with Crippen molar-refractivity contribution in [2.75, 3.05) is 0 Å². The van der Waals surface area contributed by atoms with Crippen molar-refractivity contribution >= 4 is 45.6 Å². The first-order chi connectivity index (χ1) is 15.5. The van der Waals surface area contributed by atoms with Gasteiger partial charge >= 0.3 is 0 Å². The molecule has 6 nitrogen and oxygen atoms in total. The zero-order valence-corrected chi connectivity index (χ0v) is 19.0. The zero-order valence-electron chi connectivity index (χ0n) is 16.7. The topological polar surface area (TPSA) is 69.6 Å². The van der Waals surface area contributed by atoms with E-state index < -0.39 is 0 Å². The Hall–Kier alpha value is -3.13. The van der Waals surface area contributed by atoms with Crippen LogP contribution in [0.2, 0.25) is 10.0 Å². The molecule has 0 unspecified atom stereocenters. The number of fused-ring (bicyclic) bond motifs is 1. The van der Waals surface area contributed by atoms with Crippen LogP contribution in [0.25, 0.3) is 22.4 Å². The number of aryl methyl sites for hydroxylation is 1. The van der Waals surface area contributed by atoms with Crippen LogP contribution in [0.1, 0.15) is 17.1 Å². The van der Waals surface area contributed by atoms with E-state index in [-0.39, 0.29) is 12.2 Å². The van der Waals surface area contributed by atoms with Crippen LogP contribution in [0.5, 0.6) is 5.75 Å². The molecular weight excluding hydrogens is 469 g/mol. The minimum atomic E-state index is -0.271. The van der Waals surface area contributed by atoms with Gasteiger partial charge in [0.15, 0.2) is 5.82 Å². The lowest BCUT2D eigenvalue weighted by Gasteiger charge is -2.03. The maximum Gasteiger partial charge on any atom is 0.291 e. The standard InChI is InChI=1S/C23H15Cl2N3O3S/c1-13-5-7-14(8-6-13)30-12-20-26-23-28(27-20)22(29)19(32-23)11-15-9-10-18(31-15)21-16(24)3-2-4-17(21)25/h2-11H,12H2,1H3. The molecule has 5 aromatic rings. The van der Waals surface area contributed by atoms with Crippen LogP contribution in [-0.2, 0) is 6.61 Å². The summed E-state index contributed by atoms with van der Waals surface area (Å²) in [5.74, 6) is 2.18. The average Bonchev–Trinajstić information content (AvgIpc) is 3.45. The molecule has 0 saturated heterocycles. The van der Waals surface area contributed by atoms with Crippen molar-refractivity contribution in [3.05, 3.63) is 96.7 Å². The minimum absolute atomic E-state index is 0.177. The molecule has 0 saturated carbocycles. The molecule has 0 spiro atoms. The molecular formula is C23H15Cl2N3O3S. The molecule has 3 aromatic heterocycles. The Kier molecular flexibility index (Phi) is 5.46. The number of hydrogen-bond donors (Lipinski definition) is 0. The van der Waals surface area contributed by atoms with Gasteiger partial charge in [0.1, 0.15) is 28.4 Å². The largest absolute Gasteiger partial charge is 0.486 e. The quantitative estimate of drug-likeness (QED) is 0.345. The zero-order chi connectivity index (χ0) is 22.2. The molecule has 3 heterocycles. The van der Waals surface area contributed by atoms with Gasteiger partial charge < -0.3 is 9.15 Å². The van der Waals surface area contributed by atoms with E-state index in [4.69, 9.17) is 32.4 Å². The Balaban J connectivity index is 1.40. The van der Waals surface area contributed by atoms with Gasteiger partial charge in [0.25, 0.3) is 5.56 Å². The summed E-state index contributed by atoms with van der Waals surface area (Å²) >= 11 is 13.7. The van der Waals surface area contributed by atoms with Gasteiger partial charge in [-0.2, -0.15) is 9.50 Å². The highest BCUT2D eigenvalue weighted by molar-refractivity contribution is 7.15. The van der Waals surface area contributed by atoms with Crippen molar-refractivity contribution in [3.63, 3.8) is 0 Å². The van der Waals surface area contributed by atoms with E-state index in [2.05, 4.69) is 10.1 Å². The number of halogens is 2. The second-order valence-corrected chi connectivity index (χ2v) is 8.86. The molecule has 0 radical (unpaired) electrons. The third-order valence-corrected chi connectivity index (χ3v) is 6.31. The molecule has 0 bridgehead atoms. The van der Waals surface area contributed by atoms with Crippen molar-refractivity contribution < 1.29 is 9.15 Å². The molecule has 0 aliphatic carbocycles. The molecule has 0 N–H and O–H groups in total. The Morgan fingerprint density at radius 3 is 2.56 bits per heavy atom. The normalized spacial score (nSPS) is 12.0. The Morgan fingerprint density at radius 2 is 1.84 bits per heavy atom. The van der Waals surface area contributed by atoms with Crippen LogP contribution in [0.3, 0.4) is 0 Å². The van der Waals surface area contributed by atoms with Crippen LogP contribution in [0, 0.1) is 6.92 Å². The van der Waals surface area contributed by atoms with Crippen molar-refractivity contribution in [3.8, 4) is 17.1 Å². The molecule has 32 heavy (non-hydrogen) atoms. The lowest BCUT2D eigenvalue weighted by atomic mass is 10.2. The maximum atomic E-state index is 12.8. The third-order valence-electron chi connectivity index (χ3n) is 4.72. The fourth-order valence-corrected chi connectivity index (χ4v) is 4.64. The predicted molar refractivity (Wildman–Crippen MR) is 126 cm³/mol. The van der Waals surface area contributed by atoms with Crippen LogP contribution >= 0.6 is 34.5 Å². The van der Waals surface area contributed by atoms with E-state index in [9.17, 15) is 4.79 Å². The fraction of sp³-hybridized carbons (Fsp3) is 0.0870. The highest BCUT2D eigenvalue weighted by Crippen LogP contribution is 2.35. The Bertz CT molecular complexity index is 1520. The fourth-order valence-electron chi connectivity index (χ4n) is 3.14. The van der Waals surface area contributed by atoms with Crippen LogP contribution in [-0.4, -0.2) is 14.6 Å². The summed E-state index contributed by atoms with van der Waals surface area (Å²) in [7, 11) is 0. The van der Waals surface area contributed by atoms with Gasteiger partial charge in [-0.3, -0.25) is 4.79 Å². The van der Waals surface area contributed by atoms with Gasteiger partial charge in [-0.15, -0.1) is 5.10 Å². The van der Waals surface area contributed by atoms with E-state index >= 15 is 0 Å². The smallest absolute Gasteiger partial charge is 0.291 e. The first-order valence-electron chi connectivity index (χ1n) is 9.62. The molecule has 9 heteroatoms. The van der Waals surface area contributed by atoms with Gasteiger partial charge in [-0.05, 0) is 43.3 Å². The van der Waals surface area contributed by atoms with Gasteiger partial charge in [0.2, 0.25) is 4.96 Å². The van der Waals surface area contributed by atoms with Gasteiger partial charge in [-0.25, -0.2) is 0 Å². The molecule has 0 aliphatic rings. The third kappa shape index (κ3) is 4.02. The van der Waals surface area contributed by atoms with Crippen LogP contribution in [0.4, 0.5) is 0 Å².